The molecule has 1 aliphatic rings. The molecule has 134 valence electrons. The summed E-state index contributed by atoms with van der Waals surface area (Å²) < 4.78 is 10.8. The summed E-state index contributed by atoms with van der Waals surface area (Å²) >= 11 is 0. The molecule has 3 rings (SSSR count). The third-order valence-corrected chi connectivity index (χ3v) is 4.07. The van der Waals surface area contributed by atoms with Crippen molar-refractivity contribution in [2.24, 2.45) is 0 Å². The molecule has 1 aromatic carbocycles. The molecule has 0 aliphatic carbocycles. The molecule has 0 radical (unpaired) electrons. The van der Waals surface area contributed by atoms with Crippen LogP contribution in [-0.4, -0.2) is 48.0 Å². The van der Waals surface area contributed by atoms with E-state index in [9.17, 15) is 9.90 Å². The van der Waals surface area contributed by atoms with Gasteiger partial charge >= 0.3 is 0 Å². The van der Waals surface area contributed by atoms with E-state index in [1.54, 1.807) is 0 Å². The molecule has 2 aromatic rings. The van der Waals surface area contributed by atoms with Crippen LogP contribution in [0.3, 0.4) is 0 Å². The fourth-order valence-electron chi connectivity index (χ4n) is 2.69. The van der Waals surface area contributed by atoms with Crippen molar-refractivity contribution in [2.75, 3.05) is 37.8 Å². The van der Waals surface area contributed by atoms with Crippen molar-refractivity contribution in [3.05, 3.63) is 45.7 Å². The minimum absolute atomic E-state index is 0.225. The SMILES string of the molecule is CCCOc1ccc(Cc2c(O)nc(N3CCOCC3)[nH]c2=O)cc1. The van der Waals surface area contributed by atoms with Crippen molar-refractivity contribution < 1.29 is 14.6 Å². The lowest BCUT2D eigenvalue weighted by molar-refractivity contribution is 0.122. The lowest BCUT2D eigenvalue weighted by atomic mass is 10.1. The lowest BCUT2D eigenvalue weighted by Crippen LogP contribution is -2.38. The number of benzene rings is 1. The highest BCUT2D eigenvalue weighted by Crippen LogP contribution is 2.20. The van der Waals surface area contributed by atoms with Gasteiger partial charge < -0.3 is 19.5 Å². The molecular formula is C18H23N3O4. The van der Waals surface area contributed by atoms with Crippen molar-refractivity contribution in [3.63, 3.8) is 0 Å². The number of morpholine rings is 1. The second-order valence-electron chi connectivity index (χ2n) is 5.96. The number of hydrogen-bond acceptors (Lipinski definition) is 6. The van der Waals surface area contributed by atoms with Gasteiger partial charge in [-0.1, -0.05) is 19.1 Å². The van der Waals surface area contributed by atoms with Crippen molar-refractivity contribution in [3.8, 4) is 11.6 Å². The number of hydrogen-bond donors (Lipinski definition) is 2. The monoisotopic (exact) mass is 345 g/mol. The van der Waals surface area contributed by atoms with Crippen LogP contribution in [0.5, 0.6) is 11.6 Å². The first-order chi connectivity index (χ1) is 12.2. The molecule has 0 bridgehead atoms. The molecule has 2 heterocycles. The normalized spacial score (nSPS) is 14.5. The van der Waals surface area contributed by atoms with E-state index in [1.807, 2.05) is 29.2 Å². The second-order valence-corrected chi connectivity index (χ2v) is 5.96. The number of ether oxygens (including phenoxy) is 2. The zero-order chi connectivity index (χ0) is 17.6. The summed E-state index contributed by atoms with van der Waals surface area (Å²) in [6.07, 6.45) is 1.26. The number of aromatic hydroxyl groups is 1. The molecular weight excluding hydrogens is 322 g/mol. The standard InChI is InChI=1S/C18H23N3O4/c1-2-9-25-14-5-3-13(4-6-14)12-15-16(22)19-18(20-17(15)23)21-7-10-24-11-8-21/h3-6H,2,7-12H2,1H3,(H2,19,20,22,23). The van der Waals surface area contributed by atoms with E-state index >= 15 is 0 Å². The average Bonchev–Trinajstić information content (AvgIpc) is 2.64. The molecule has 0 saturated carbocycles. The van der Waals surface area contributed by atoms with E-state index in [1.165, 1.54) is 0 Å². The van der Waals surface area contributed by atoms with Crippen molar-refractivity contribution in [2.45, 2.75) is 19.8 Å². The molecule has 0 atom stereocenters. The van der Waals surface area contributed by atoms with Gasteiger partial charge in [0.05, 0.1) is 25.4 Å². The van der Waals surface area contributed by atoms with Crippen LogP contribution < -0.4 is 15.2 Å². The number of rotatable bonds is 6. The van der Waals surface area contributed by atoms with E-state index in [4.69, 9.17) is 9.47 Å². The Bertz CT molecular complexity index is 752. The summed E-state index contributed by atoms with van der Waals surface area (Å²) in [5, 5.41) is 10.2. The van der Waals surface area contributed by atoms with Gasteiger partial charge in [0.25, 0.3) is 5.56 Å². The minimum atomic E-state index is -0.319. The number of aromatic nitrogens is 2. The van der Waals surface area contributed by atoms with Crippen LogP contribution in [0.25, 0.3) is 0 Å². The van der Waals surface area contributed by atoms with Crippen LogP contribution in [0.2, 0.25) is 0 Å². The van der Waals surface area contributed by atoms with E-state index in [2.05, 4.69) is 16.9 Å². The predicted octanol–water partition coefficient (Wildman–Crippen LogP) is 1.69. The number of anilines is 1. The van der Waals surface area contributed by atoms with Gasteiger partial charge in [-0.05, 0) is 24.1 Å². The maximum Gasteiger partial charge on any atom is 0.259 e. The molecule has 25 heavy (non-hydrogen) atoms. The van der Waals surface area contributed by atoms with Crippen LogP contribution in [-0.2, 0) is 11.2 Å². The summed E-state index contributed by atoms with van der Waals surface area (Å²) in [5.74, 6) is 0.957. The number of H-pyrrole nitrogens is 1. The van der Waals surface area contributed by atoms with Crippen LogP contribution in [0.15, 0.2) is 29.1 Å². The Balaban J connectivity index is 1.75. The third-order valence-electron chi connectivity index (χ3n) is 4.07. The zero-order valence-electron chi connectivity index (χ0n) is 14.3. The fraction of sp³-hybridized carbons (Fsp3) is 0.444. The molecule has 7 heteroatoms. The average molecular weight is 345 g/mol. The van der Waals surface area contributed by atoms with E-state index < -0.39 is 0 Å². The quantitative estimate of drug-likeness (QED) is 0.828. The Kier molecular flexibility index (Phi) is 5.55. The summed E-state index contributed by atoms with van der Waals surface area (Å²) in [6, 6.07) is 7.51. The van der Waals surface area contributed by atoms with E-state index in [0.29, 0.717) is 45.3 Å². The largest absolute Gasteiger partial charge is 0.494 e. The summed E-state index contributed by atoms with van der Waals surface area (Å²) in [4.78, 5) is 21.2. The number of nitrogens with one attached hydrogen (secondary N) is 1. The fourth-order valence-corrected chi connectivity index (χ4v) is 2.69. The number of aromatic amines is 1. The number of nitrogens with zero attached hydrogens (tertiary/aromatic N) is 2. The van der Waals surface area contributed by atoms with Gasteiger partial charge in [-0.25, -0.2) is 0 Å². The van der Waals surface area contributed by atoms with Crippen LogP contribution in [0.4, 0.5) is 5.95 Å². The highest BCUT2D eigenvalue weighted by Gasteiger charge is 2.17. The molecule has 1 aromatic heterocycles. The molecule has 1 fully saturated rings. The Morgan fingerprint density at radius 1 is 1.28 bits per heavy atom. The van der Waals surface area contributed by atoms with E-state index in [0.717, 1.165) is 17.7 Å². The maximum absolute atomic E-state index is 12.4. The first-order valence-electron chi connectivity index (χ1n) is 8.54. The minimum Gasteiger partial charge on any atom is -0.494 e. The maximum atomic E-state index is 12.4. The smallest absolute Gasteiger partial charge is 0.259 e. The van der Waals surface area contributed by atoms with Crippen LogP contribution >= 0.6 is 0 Å². The molecule has 1 saturated heterocycles. The Hall–Kier alpha value is -2.54. The Morgan fingerprint density at radius 2 is 2.00 bits per heavy atom. The van der Waals surface area contributed by atoms with Gasteiger partial charge in [-0.3, -0.25) is 9.78 Å². The van der Waals surface area contributed by atoms with E-state index in [-0.39, 0.29) is 17.0 Å². The van der Waals surface area contributed by atoms with Gasteiger partial charge in [0.15, 0.2) is 0 Å². The molecule has 2 N–H and O–H groups in total. The molecule has 0 spiro atoms. The zero-order valence-corrected chi connectivity index (χ0v) is 14.3. The predicted molar refractivity (Wildman–Crippen MR) is 94.6 cm³/mol. The Labute approximate surface area is 146 Å². The first-order valence-corrected chi connectivity index (χ1v) is 8.54. The molecule has 1 aliphatic heterocycles. The molecule has 7 nitrogen and oxygen atoms in total. The van der Waals surface area contributed by atoms with Gasteiger partial charge in [-0.2, -0.15) is 4.98 Å². The van der Waals surface area contributed by atoms with Gasteiger partial charge in [0, 0.05) is 19.5 Å². The van der Waals surface area contributed by atoms with Gasteiger partial charge in [0.1, 0.15) is 5.75 Å². The van der Waals surface area contributed by atoms with Gasteiger partial charge in [0.2, 0.25) is 11.8 Å². The van der Waals surface area contributed by atoms with Crippen molar-refractivity contribution in [1.82, 2.24) is 9.97 Å². The van der Waals surface area contributed by atoms with Crippen LogP contribution in [0.1, 0.15) is 24.5 Å². The topological polar surface area (TPSA) is 87.7 Å². The van der Waals surface area contributed by atoms with Crippen molar-refractivity contribution >= 4 is 5.95 Å². The molecule has 0 amide bonds. The Morgan fingerprint density at radius 3 is 2.64 bits per heavy atom. The van der Waals surface area contributed by atoms with Crippen molar-refractivity contribution in [1.29, 1.82) is 0 Å². The summed E-state index contributed by atoms with van der Waals surface area (Å²) in [5.41, 5.74) is 0.852. The summed E-state index contributed by atoms with van der Waals surface area (Å²) in [7, 11) is 0. The highest BCUT2D eigenvalue weighted by molar-refractivity contribution is 5.39. The first kappa shape index (κ1) is 17.3. The van der Waals surface area contributed by atoms with Gasteiger partial charge in [-0.15, -0.1) is 0 Å². The van der Waals surface area contributed by atoms with Crippen LogP contribution in [0, 0.1) is 0 Å². The highest BCUT2D eigenvalue weighted by atomic mass is 16.5. The summed E-state index contributed by atoms with van der Waals surface area (Å²) in [6.45, 7) is 5.17. The third kappa shape index (κ3) is 4.30. The lowest BCUT2D eigenvalue weighted by Gasteiger charge is -2.27. The molecule has 0 unspecified atom stereocenters. The second kappa shape index (κ2) is 8.02.